The van der Waals surface area contributed by atoms with Crippen molar-refractivity contribution in [2.75, 3.05) is 19.3 Å². The summed E-state index contributed by atoms with van der Waals surface area (Å²) in [5, 5.41) is -0.929. The Hall–Kier alpha value is -0.880. The van der Waals surface area contributed by atoms with Crippen LogP contribution in [0.5, 0.6) is 0 Å². The zero-order chi connectivity index (χ0) is 19.8. The summed E-state index contributed by atoms with van der Waals surface area (Å²) in [7, 11) is -12.2. The van der Waals surface area contributed by atoms with E-state index in [1.165, 1.54) is 11.9 Å². The number of hydrogen-bond acceptors (Lipinski definition) is 3. The van der Waals surface area contributed by atoms with Crippen molar-refractivity contribution >= 4 is 26.2 Å². The van der Waals surface area contributed by atoms with Gasteiger partial charge in [-0.15, -0.1) is 0 Å². The molecule has 0 heterocycles. The first-order chi connectivity index (χ1) is 11.0. The van der Waals surface area contributed by atoms with Gasteiger partial charge in [-0.05, 0) is 19.3 Å². The van der Waals surface area contributed by atoms with Crippen LogP contribution in [-0.2, 0) is 14.9 Å². The second kappa shape index (κ2) is 8.21. The summed E-state index contributed by atoms with van der Waals surface area (Å²) in [5.41, 5.74) is 0. The van der Waals surface area contributed by atoms with E-state index >= 15 is 0 Å². The lowest BCUT2D eigenvalue weighted by Crippen LogP contribution is -2.31. The Morgan fingerprint density at radius 3 is 2.08 bits per heavy atom. The molecule has 0 atom stereocenters. The molecule has 0 radical (unpaired) electrons. The highest BCUT2D eigenvalue weighted by molar-refractivity contribution is 8.48. The second-order valence-corrected chi connectivity index (χ2v) is 9.71. The molecule has 5 nitrogen and oxygen atoms in total. The molecule has 0 fully saturated rings. The first-order valence-electron chi connectivity index (χ1n) is 7.60. The predicted molar refractivity (Wildman–Crippen MR) is 88.6 cm³/mol. The molecule has 0 aromatic rings. The number of rotatable bonds is 12. The van der Waals surface area contributed by atoms with Gasteiger partial charge in [0.2, 0.25) is 5.91 Å². The van der Waals surface area contributed by atoms with Gasteiger partial charge in [0, 0.05) is 20.0 Å². The molecule has 12 heteroatoms. The van der Waals surface area contributed by atoms with Crippen LogP contribution >= 0.6 is 10.2 Å². The largest absolute Gasteiger partial charge is 0.345 e. The molecule has 1 N–H and O–H groups in total. The van der Waals surface area contributed by atoms with Crippen LogP contribution in [0, 0.1) is 0 Å². The summed E-state index contributed by atoms with van der Waals surface area (Å²) >= 11 is 0. The fraction of sp³-hybridized carbons (Fsp3) is 0.769. The van der Waals surface area contributed by atoms with Crippen LogP contribution in [0.1, 0.15) is 44.9 Å². The minimum atomic E-state index is -9.45. The number of hydrogen-bond donors (Lipinski definition) is 1. The van der Waals surface area contributed by atoms with Crippen molar-refractivity contribution in [3.63, 3.8) is 0 Å². The Kier molecular flexibility index (Phi) is 7.92. The molecule has 0 aromatic carbocycles. The SMILES string of the molecule is CN(CCS(=O)(=O)O)C(=O)CCCCCCCC=CS(F)(F)(F)(F)F. The molecule has 0 saturated carbocycles. The molecule has 1 amide bonds. The highest BCUT2D eigenvalue weighted by atomic mass is 32.5. The maximum Gasteiger partial charge on any atom is 0.304 e. The fourth-order valence-corrected chi connectivity index (χ4v) is 2.89. The summed E-state index contributed by atoms with van der Waals surface area (Å²) < 4.78 is 89.6. The summed E-state index contributed by atoms with van der Waals surface area (Å²) in [5.74, 6) is -0.815. The molecule has 0 rings (SSSR count). The molecule has 0 aliphatic carbocycles. The molecular weight excluding hydrogens is 393 g/mol. The van der Waals surface area contributed by atoms with Gasteiger partial charge in [-0.1, -0.05) is 44.8 Å². The molecule has 0 aromatic heterocycles. The Morgan fingerprint density at radius 2 is 1.56 bits per heavy atom. The average Bonchev–Trinajstić information content (AvgIpc) is 2.39. The van der Waals surface area contributed by atoms with Gasteiger partial charge in [0.05, 0.1) is 11.2 Å². The third-order valence-corrected chi connectivity index (χ3v) is 4.63. The van der Waals surface area contributed by atoms with E-state index in [-0.39, 0.29) is 25.3 Å². The van der Waals surface area contributed by atoms with Crippen molar-refractivity contribution in [2.24, 2.45) is 0 Å². The minimum Gasteiger partial charge on any atom is -0.345 e. The van der Waals surface area contributed by atoms with Crippen LogP contribution in [-0.4, -0.2) is 43.1 Å². The van der Waals surface area contributed by atoms with Gasteiger partial charge in [-0.2, -0.15) is 8.42 Å². The van der Waals surface area contributed by atoms with Gasteiger partial charge in [0.25, 0.3) is 10.1 Å². The van der Waals surface area contributed by atoms with E-state index in [9.17, 15) is 32.6 Å². The zero-order valence-electron chi connectivity index (χ0n) is 13.8. The quantitative estimate of drug-likeness (QED) is 0.279. The lowest BCUT2D eigenvalue weighted by molar-refractivity contribution is -0.129. The van der Waals surface area contributed by atoms with E-state index in [0.717, 1.165) is 0 Å². The molecule has 0 spiro atoms. The van der Waals surface area contributed by atoms with Crippen molar-refractivity contribution < 1.29 is 37.2 Å². The first-order valence-corrected chi connectivity index (χ1v) is 11.2. The number of unbranched alkanes of at least 4 members (excludes halogenated alkanes) is 5. The normalized spacial score (nSPS) is 15.8. The summed E-state index contributed by atoms with van der Waals surface area (Å²) in [4.78, 5) is 12.8. The highest BCUT2D eigenvalue weighted by Crippen LogP contribution is 2.98. The van der Waals surface area contributed by atoms with Crippen LogP contribution < -0.4 is 0 Å². The zero-order valence-corrected chi connectivity index (χ0v) is 15.5. The monoisotopic (exact) mass is 417 g/mol. The Labute approximate surface area is 144 Å². The number of amides is 1. The lowest BCUT2D eigenvalue weighted by Gasteiger charge is -2.36. The van der Waals surface area contributed by atoms with Crippen LogP contribution in [0.3, 0.4) is 0 Å². The first kappa shape index (κ1) is 24.1. The maximum atomic E-state index is 12.0. The van der Waals surface area contributed by atoms with Crippen LogP contribution in [0.25, 0.3) is 0 Å². The molecule has 0 aliphatic rings. The van der Waals surface area contributed by atoms with Crippen molar-refractivity contribution in [2.45, 2.75) is 44.9 Å². The summed E-state index contributed by atoms with van der Waals surface area (Å²) in [6.07, 6.45) is 3.24. The van der Waals surface area contributed by atoms with Crippen molar-refractivity contribution in [3.05, 3.63) is 11.5 Å². The predicted octanol–water partition coefficient (Wildman–Crippen LogP) is 4.88. The summed E-state index contributed by atoms with van der Waals surface area (Å²) in [6.45, 7) is -0.115. The number of halogens is 5. The summed E-state index contributed by atoms with van der Waals surface area (Å²) in [6, 6.07) is 0. The number of carbonyl (C=O) groups is 1. The molecule has 152 valence electrons. The van der Waals surface area contributed by atoms with Crippen LogP contribution in [0.15, 0.2) is 11.5 Å². The Balaban J connectivity index is 3.77. The number of allylic oxidation sites excluding steroid dienone is 1. The molecule has 0 aliphatic heterocycles. The van der Waals surface area contributed by atoms with Gasteiger partial charge in [0.1, 0.15) is 0 Å². The molecule has 25 heavy (non-hydrogen) atoms. The van der Waals surface area contributed by atoms with Crippen molar-refractivity contribution in [1.82, 2.24) is 4.90 Å². The van der Waals surface area contributed by atoms with E-state index in [0.29, 0.717) is 38.2 Å². The lowest BCUT2D eigenvalue weighted by atomic mass is 10.1. The van der Waals surface area contributed by atoms with Crippen LogP contribution in [0.4, 0.5) is 19.4 Å². The smallest absolute Gasteiger partial charge is 0.304 e. The third kappa shape index (κ3) is 17.7. The third-order valence-electron chi connectivity index (χ3n) is 3.23. The van der Waals surface area contributed by atoms with Gasteiger partial charge in [-0.3, -0.25) is 9.35 Å². The fourth-order valence-electron chi connectivity index (χ4n) is 1.89. The standard InChI is InChI=1S/C13H24F5NO4S2/c1-19(10-11-24(21,22)23)13(20)9-7-5-3-2-4-6-8-12-25(14,15,16,17)18/h8,12H,2-7,9-11H2,1H3,(H,21,22,23). The van der Waals surface area contributed by atoms with E-state index in [4.69, 9.17) is 4.55 Å². The minimum absolute atomic E-state index is 0.0943. The van der Waals surface area contributed by atoms with E-state index in [1.54, 1.807) is 0 Å². The number of carbonyl (C=O) groups excluding carboxylic acids is 1. The maximum absolute atomic E-state index is 12.0. The highest BCUT2D eigenvalue weighted by Gasteiger charge is 2.60. The molecule has 0 unspecified atom stereocenters. The average molecular weight is 417 g/mol. The van der Waals surface area contributed by atoms with Gasteiger partial charge in [0.15, 0.2) is 0 Å². The van der Waals surface area contributed by atoms with E-state index in [1.807, 2.05) is 0 Å². The van der Waals surface area contributed by atoms with E-state index in [2.05, 4.69) is 0 Å². The molecular formula is C13H24F5NO4S2. The van der Waals surface area contributed by atoms with Crippen molar-refractivity contribution in [1.29, 1.82) is 0 Å². The molecule has 0 bridgehead atoms. The topological polar surface area (TPSA) is 74.7 Å². The molecule has 0 saturated heterocycles. The Morgan fingerprint density at radius 1 is 1.04 bits per heavy atom. The second-order valence-electron chi connectivity index (χ2n) is 5.81. The number of nitrogens with zero attached hydrogens (tertiary/aromatic N) is 1. The van der Waals surface area contributed by atoms with Gasteiger partial charge < -0.3 is 4.90 Å². The van der Waals surface area contributed by atoms with Crippen LogP contribution in [0.2, 0.25) is 0 Å². The Bertz CT molecular complexity index is 575. The van der Waals surface area contributed by atoms with Gasteiger partial charge in [-0.25, -0.2) is 0 Å². The van der Waals surface area contributed by atoms with Crippen molar-refractivity contribution in [3.8, 4) is 0 Å². The van der Waals surface area contributed by atoms with E-state index < -0.39 is 31.5 Å². The van der Waals surface area contributed by atoms with Gasteiger partial charge >= 0.3 is 10.2 Å².